The Hall–Kier alpha value is -2.47. The van der Waals surface area contributed by atoms with Gasteiger partial charge in [0.1, 0.15) is 0 Å². The summed E-state index contributed by atoms with van der Waals surface area (Å²) in [6.07, 6.45) is 0. The minimum atomic E-state index is 0.620. The SMILES string of the molecule is CCN(c1ccc(C)cc1)c1cc(C#N)ccc1N. The van der Waals surface area contributed by atoms with Gasteiger partial charge in [-0.15, -0.1) is 0 Å². The first-order valence-electron chi connectivity index (χ1n) is 6.29. The third-order valence-corrected chi connectivity index (χ3v) is 3.11. The van der Waals surface area contributed by atoms with E-state index < -0.39 is 0 Å². The number of benzene rings is 2. The average Bonchev–Trinajstić information content (AvgIpc) is 2.43. The van der Waals surface area contributed by atoms with E-state index in [0.29, 0.717) is 11.3 Å². The van der Waals surface area contributed by atoms with Crippen molar-refractivity contribution in [1.29, 1.82) is 5.26 Å². The summed E-state index contributed by atoms with van der Waals surface area (Å²) in [5.41, 5.74) is 10.5. The summed E-state index contributed by atoms with van der Waals surface area (Å²) < 4.78 is 0. The quantitative estimate of drug-likeness (QED) is 0.848. The first-order valence-corrected chi connectivity index (χ1v) is 6.29. The number of nitriles is 1. The maximum absolute atomic E-state index is 9.01. The molecule has 0 aliphatic heterocycles. The molecule has 2 N–H and O–H groups in total. The number of hydrogen-bond acceptors (Lipinski definition) is 3. The normalized spacial score (nSPS) is 9.95. The predicted molar refractivity (Wildman–Crippen MR) is 79.4 cm³/mol. The Morgan fingerprint density at radius 2 is 1.84 bits per heavy atom. The Morgan fingerprint density at radius 3 is 2.42 bits per heavy atom. The van der Waals surface area contributed by atoms with E-state index in [4.69, 9.17) is 11.0 Å². The monoisotopic (exact) mass is 251 g/mol. The van der Waals surface area contributed by atoms with Gasteiger partial charge in [-0.1, -0.05) is 17.7 Å². The Bertz CT molecular complexity index is 609. The van der Waals surface area contributed by atoms with Gasteiger partial charge in [-0.05, 0) is 44.2 Å². The zero-order valence-corrected chi connectivity index (χ0v) is 11.2. The van der Waals surface area contributed by atoms with Crippen LogP contribution in [0.3, 0.4) is 0 Å². The molecule has 0 bridgehead atoms. The van der Waals surface area contributed by atoms with Gasteiger partial charge in [0, 0.05) is 12.2 Å². The van der Waals surface area contributed by atoms with Gasteiger partial charge < -0.3 is 10.6 Å². The maximum atomic E-state index is 9.01. The lowest BCUT2D eigenvalue weighted by Crippen LogP contribution is -2.17. The molecule has 0 spiro atoms. The minimum Gasteiger partial charge on any atom is -0.397 e. The van der Waals surface area contributed by atoms with Crippen molar-refractivity contribution in [1.82, 2.24) is 0 Å². The third-order valence-electron chi connectivity index (χ3n) is 3.11. The fraction of sp³-hybridized carbons (Fsp3) is 0.188. The van der Waals surface area contributed by atoms with E-state index in [0.717, 1.165) is 17.9 Å². The Morgan fingerprint density at radius 1 is 1.16 bits per heavy atom. The first-order chi connectivity index (χ1) is 9.15. The summed E-state index contributed by atoms with van der Waals surface area (Å²) in [4.78, 5) is 2.11. The van der Waals surface area contributed by atoms with E-state index in [1.807, 2.05) is 6.07 Å². The zero-order valence-electron chi connectivity index (χ0n) is 11.2. The van der Waals surface area contributed by atoms with E-state index in [9.17, 15) is 0 Å². The largest absolute Gasteiger partial charge is 0.397 e. The van der Waals surface area contributed by atoms with Crippen LogP contribution >= 0.6 is 0 Å². The van der Waals surface area contributed by atoms with E-state index in [-0.39, 0.29) is 0 Å². The fourth-order valence-corrected chi connectivity index (χ4v) is 2.06. The average molecular weight is 251 g/mol. The van der Waals surface area contributed by atoms with Gasteiger partial charge in [-0.25, -0.2) is 0 Å². The van der Waals surface area contributed by atoms with Crippen molar-refractivity contribution in [2.75, 3.05) is 17.2 Å². The molecule has 0 amide bonds. The summed E-state index contributed by atoms with van der Waals surface area (Å²) in [6, 6.07) is 15.8. The molecule has 0 unspecified atom stereocenters. The van der Waals surface area contributed by atoms with Gasteiger partial charge in [0.25, 0.3) is 0 Å². The number of aryl methyl sites for hydroxylation is 1. The molecule has 2 aromatic carbocycles. The lowest BCUT2D eigenvalue weighted by atomic mass is 10.1. The smallest absolute Gasteiger partial charge is 0.0992 e. The lowest BCUT2D eigenvalue weighted by molar-refractivity contribution is 1.02. The summed E-state index contributed by atoms with van der Waals surface area (Å²) in [5.74, 6) is 0. The predicted octanol–water partition coefficient (Wildman–Crippen LogP) is 3.61. The van der Waals surface area contributed by atoms with Gasteiger partial charge in [-0.3, -0.25) is 0 Å². The van der Waals surface area contributed by atoms with Gasteiger partial charge in [0.05, 0.1) is 23.0 Å². The second-order valence-corrected chi connectivity index (χ2v) is 4.47. The second-order valence-electron chi connectivity index (χ2n) is 4.47. The lowest BCUT2D eigenvalue weighted by Gasteiger charge is -2.25. The standard InChI is InChI=1S/C16H17N3/c1-3-19(14-7-4-12(2)5-8-14)16-10-13(11-17)6-9-15(16)18/h4-10H,3,18H2,1-2H3. The molecule has 0 fully saturated rings. The Balaban J connectivity index is 2.47. The van der Waals surface area contributed by atoms with Crippen molar-refractivity contribution >= 4 is 17.1 Å². The van der Waals surface area contributed by atoms with Crippen molar-refractivity contribution in [3.63, 3.8) is 0 Å². The van der Waals surface area contributed by atoms with E-state index in [2.05, 4.69) is 49.1 Å². The topological polar surface area (TPSA) is 53.0 Å². The van der Waals surface area contributed by atoms with E-state index in [1.165, 1.54) is 5.56 Å². The molecule has 0 aromatic heterocycles. The van der Waals surface area contributed by atoms with Gasteiger partial charge >= 0.3 is 0 Å². The van der Waals surface area contributed by atoms with Crippen molar-refractivity contribution in [3.05, 3.63) is 53.6 Å². The molecule has 0 atom stereocenters. The molecule has 0 aliphatic rings. The zero-order chi connectivity index (χ0) is 13.8. The van der Waals surface area contributed by atoms with E-state index in [1.54, 1.807) is 12.1 Å². The second kappa shape index (κ2) is 5.45. The van der Waals surface area contributed by atoms with Crippen LogP contribution in [0.15, 0.2) is 42.5 Å². The Labute approximate surface area is 113 Å². The van der Waals surface area contributed by atoms with Crippen LogP contribution in [0.5, 0.6) is 0 Å². The maximum Gasteiger partial charge on any atom is 0.0992 e. The van der Waals surface area contributed by atoms with Crippen LogP contribution in [-0.4, -0.2) is 6.54 Å². The summed E-state index contributed by atoms with van der Waals surface area (Å²) in [7, 11) is 0. The van der Waals surface area contributed by atoms with Crippen LogP contribution in [0.1, 0.15) is 18.1 Å². The first kappa shape index (κ1) is 13.0. The molecule has 0 heterocycles. The van der Waals surface area contributed by atoms with Crippen LogP contribution in [0.2, 0.25) is 0 Å². The third kappa shape index (κ3) is 2.69. The molecule has 3 heteroatoms. The number of hydrogen-bond donors (Lipinski definition) is 1. The van der Waals surface area contributed by atoms with Crippen LogP contribution in [0.25, 0.3) is 0 Å². The molecule has 0 aliphatic carbocycles. The molecule has 0 radical (unpaired) electrons. The number of nitrogens with two attached hydrogens (primary N) is 1. The molecule has 0 saturated carbocycles. The van der Waals surface area contributed by atoms with Crippen LogP contribution in [-0.2, 0) is 0 Å². The highest BCUT2D eigenvalue weighted by molar-refractivity contribution is 5.76. The molecule has 2 aromatic rings. The summed E-state index contributed by atoms with van der Waals surface area (Å²) in [5, 5.41) is 9.01. The van der Waals surface area contributed by atoms with Gasteiger partial charge in [0.15, 0.2) is 0 Å². The molecule has 0 saturated heterocycles. The van der Waals surface area contributed by atoms with Crippen molar-refractivity contribution in [3.8, 4) is 6.07 Å². The van der Waals surface area contributed by atoms with Gasteiger partial charge in [-0.2, -0.15) is 5.26 Å². The number of nitrogens with zero attached hydrogens (tertiary/aromatic N) is 2. The highest BCUT2D eigenvalue weighted by Crippen LogP contribution is 2.31. The Kier molecular flexibility index (Phi) is 3.72. The van der Waals surface area contributed by atoms with Crippen molar-refractivity contribution < 1.29 is 0 Å². The van der Waals surface area contributed by atoms with Crippen LogP contribution in [0, 0.1) is 18.3 Å². The molecule has 19 heavy (non-hydrogen) atoms. The van der Waals surface area contributed by atoms with Crippen LogP contribution in [0.4, 0.5) is 17.1 Å². The highest BCUT2D eigenvalue weighted by atomic mass is 15.1. The van der Waals surface area contributed by atoms with Gasteiger partial charge in [0.2, 0.25) is 0 Å². The number of anilines is 3. The molecular weight excluding hydrogens is 234 g/mol. The number of nitrogen functional groups attached to an aromatic ring is 1. The van der Waals surface area contributed by atoms with Crippen molar-refractivity contribution in [2.45, 2.75) is 13.8 Å². The summed E-state index contributed by atoms with van der Waals surface area (Å²) in [6.45, 7) is 4.92. The summed E-state index contributed by atoms with van der Waals surface area (Å²) >= 11 is 0. The molecule has 2 rings (SSSR count). The molecular formula is C16H17N3. The van der Waals surface area contributed by atoms with Crippen molar-refractivity contribution in [2.24, 2.45) is 0 Å². The van der Waals surface area contributed by atoms with E-state index >= 15 is 0 Å². The molecule has 96 valence electrons. The minimum absolute atomic E-state index is 0.620. The van der Waals surface area contributed by atoms with Crippen LogP contribution < -0.4 is 10.6 Å². The number of rotatable bonds is 3. The molecule has 3 nitrogen and oxygen atoms in total. The highest BCUT2D eigenvalue weighted by Gasteiger charge is 2.11. The fourth-order valence-electron chi connectivity index (χ4n) is 2.06.